The van der Waals surface area contributed by atoms with Gasteiger partial charge in [0.25, 0.3) is 0 Å². The second kappa shape index (κ2) is 10.8. The van der Waals surface area contributed by atoms with Crippen molar-refractivity contribution < 1.29 is 0 Å². The number of aromatic nitrogens is 3. The first kappa shape index (κ1) is 23.4. The fraction of sp³-hybridized carbons (Fsp3) is 0.250. The molecule has 29 heavy (non-hydrogen) atoms. The minimum atomic E-state index is 0. The highest BCUT2D eigenvalue weighted by Gasteiger charge is 2.09. The lowest BCUT2D eigenvalue weighted by Gasteiger charge is -2.22. The number of imidazole rings is 1. The van der Waals surface area contributed by atoms with Crippen LogP contribution in [0.3, 0.4) is 0 Å². The van der Waals surface area contributed by atoms with Crippen LogP contribution in [-0.4, -0.2) is 39.5 Å². The molecule has 0 saturated carbocycles. The zero-order chi connectivity index (χ0) is 20.1. The third kappa shape index (κ3) is 6.07. The predicted molar refractivity (Wildman–Crippen MR) is 130 cm³/mol. The summed E-state index contributed by atoms with van der Waals surface area (Å²) in [6.07, 6.45) is 5.52. The molecule has 6 nitrogen and oxygen atoms in total. The Morgan fingerprint density at radius 3 is 2.48 bits per heavy atom. The highest BCUT2D eigenvalue weighted by Crippen LogP contribution is 2.23. The van der Waals surface area contributed by atoms with E-state index in [0.717, 1.165) is 28.7 Å². The lowest BCUT2D eigenvalue weighted by molar-refractivity contribution is 0.476. The molecule has 0 aliphatic carbocycles. The van der Waals surface area contributed by atoms with Crippen molar-refractivity contribution in [3.63, 3.8) is 0 Å². The van der Waals surface area contributed by atoms with E-state index in [4.69, 9.17) is 23.2 Å². The number of nitrogens with one attached hydrogen (secondary N) is 1. The minimum Gasteiger partial charge on any atom is -0.352 e. The average Bonchev–Trinajstić information content (AvgIpc) is 3.11. The van der Waals surface area contributed by atoms with Gasteiger partial charge in [-0.3, -0.25) is 9.56 Å². The zero-order valence-electron chi connectivity index (χ0n) is 16.4. The van der Waals surface area contributed by atoms with E-state index in [2.05, 4.69) is 20.3 Å². The van der Waals surface area contributed by atoms with Gasteiger partial charge in [0.1, 0.15) is 11.6 Å². The van der Waals surface area contributed by atoms with Crippen LogP contribution in [0, 0.1) is 6.92 Å². The van der Waals surface area contributed by atoms with Gasteiger partial charge in [0.05, 0.1) is 10.0 Å². The molecule has 1 N–H and O–H groups in total. The molecule has 0 unspecified atom stereocenters. The Morgan fingerprint density at radius 2 is 1.90 bits per heavy atom. The van der Waals surface area contributed by atoms with Crippen molar-refractivity contribution in [2.45, 2.75) is 20.0 Å². The van der Waals surface area contributed by atoms with Gasteiger partial charge in [0, 0.05) is 45.8 Å². The summed E-state index contributed by atoms with van der Waals surface area (Å²) in [6, 6.07) is 9.65. The van der Waals surface area contributed by atoms with Crippen LogP contribution < -0.4 is 5.32 Å². The van der Waals surface area contributed by atoms with Gasteiger partial charge in [-0.2, -0.15) is 0 Å². The second-order valence-corrected chi connectivity index (χ2v) is 7.19. The van der Waals surface area contributed by atoms with Crippen LogP contribution in [0.25, 0.3) is 5.82 Å². The van der Waals surface area contributed by atoms with Crippen molar-refractivity contribution in [2.24, 2.45) is 4.99 Å². The Labute approximate surface area is 198 Å². The van der Waals surface area contributed by atoms with E-state index >= 15 is 0 Å². The summed E-state index contributed by atoms with van der Waals surface area (Å²) in [5.41, 5.74) is 2.12. The molecule has 1 aromatic carbocycles. The molecule has 0 radical (unpaired) electrons. The molecule has 3 aromatic rings. The van der Waals surface area contributed by atoms with Crippen LogP contribution in [-0.2, 0) is 13.1 Å². The quantitative estimate of drug-likeness (QED) is 0.287. The number of hydrogen-bond donors (Lipinski definition) is 1. The maximum absolute atomic E-state index is 6.10. The number of rotatable bonds is 5. The Morgan fingerprint density at radius 1 is 1.14 bits per heavy atom. The third-order valence-electron chi connectivity index (χ3n) is 4.31. The Hall–Kier alpha value is -1.84. The highest BCUT2D eigenvalue weighted by molar-refractivity contribution is 14.0. The molecule has 2 heterocycles. The molecular formula is C20H23Cl2IN6. The Kier molecular flexibility index (Phi) is 8.73. The van der Waals surface area contributed by atoms with Crippen LogP contribution in [0.5, 0.6) is 0 Å². The molecule has 0 atom stereocenters. The van der Waals surface area contributed by atoms with Gasteiger partial charge in [-0.05, 0) is 36.2 Å². The van der Waals surface area contributed by atoms with E-state index in [1.54, 1.807) is 19.3 Å². The second-order valence-electron chi connectivity index (χ2n) is 6.37. The van der Waals surface area contributed by atoms with E-state index in [0.29, 0.717) is 23.1 Å². The van der Waals surface area contributed by atoms with E-state index in [1.165, 1.54) is 0 Å². The fourth-order valence-electron chi connectivity index (χ4n) is 2.84. The number of guanidine groups is 1. The molecule has 2 aromatic heterocycles. The summed E-state index contributed by atoms with van der Waals surface area (Å²) in [5.74, 6) is 2.53. The van der Waals surface area contributed by atoms with Crippen LogP contribution in [0.2, 0.25) is 10.0 Å². The summed E-state index contributed by atoms with van der Waals surface area (Å²) in [5, 5.41) is 4.46. The number of nitrogens with zero attached hydrogens (tertiary/aromatic N) is 5. The molecular weight excluding hydrogens is 522 g/mol. The monoisotopic (exact) mass is 544 g/mol. The number of aryl methyl sites for hydroxylation is 1. The molecule has 0 aliphatic rings. The third-order valence-corrected chi connectivity index (χ3v) is 5.05. The van der Waals surface area contributed by atoms with Gasteiger partial charge < -0.3 is 10.2 Å². The van der Waals surface area contributed by atoms with E-state index < -0.39 is 0 Å². The van der Waals surface area contributed by atoms with Crippen LogP contribution >= 0.6 is 47.2 Å². The SMILES string of the molecule is CN=C(NCc1ccc(-n2ccnc2C)nc1)N(C)Cc1ccc(Cl)c(Cl)c1.I. The first-order chi connectivity index (χ1) is 13.5. The first-order valence-electron chi connectivity index (χ1n) is 8.79. The number of halogens is 3. The standard InChI is InChI=1S/C20H22Cl2N6.HI/c1-14-24-8-9-28(14)19-7-5-16(11-25-19)12-26-20(23-2)27(3)13-15-4-6-17(21)18(22)10-15;/h4-11H,12-13H2,1-3H3,(H,23,26);1H. The molecule has 3 rings (SSSR count). The van der Waals surface area contributed by atoms with Gasteiger partial charge in [-0.25, -0.2) is 9.97 Å². The number of hydrogen-bond acceptors (Lipinski definition) is 3. The molecule has 0 aliphatic heterocycles. The normalized spacial score (nSPS) is 11.1. The summed E-state index contributed by atoms with van der Waals surface area (Å²) < 4.78 is 1.95. The molecule has 0 spiro atoms. The molecule has 0 saturated heterocycles. The Balaban J connectivity index is 0.00000300. The maximum atomic E-state index is 6.10. The van der Waals surface area contributed by atoms with Crippen molar-refractivity contribution in [3.05, 3.63) is 75.9 Å². The van der Waals surface area contributed by atoms with E-state index in [1.807, 2.05) is 60.1 Å². The van der Waals surface area contributed by atoms with Crippen molar-refractivity contribution in [3.8, 4) is 5.82 Å². The minimum absolute atomic E-state index is 0. The molecule has 9 heteroatoms. The topological polar surface area (TPSA) is 58.3 Å². The maximum Gasteiger partial charge on any atom is 0.193 e. The summed E-state index contributed by atoms with van der Waals surface area (Å²) >= 11 is 12.1. The van der Waals surface area contributed by atoms with Gasteiger partial charge >= 0.3 is 0 Å². The van der Waals surface area contributed by atoms with Crippen LogP contribution in [0.1, 0.15) is 17.0 Å². The number of aliphatic imine (C=N–C) groups is 1. The molecule has 0 amide bonds. The van der Waals surface area contributed by atoms with Crippen molar-refractivity contribution in [2.75, 3.05) is 14.1 Å². The summed E-state index contributed by atoms with van der Waals surface area (Å²) in [7, 11) is 3.73. The largest absolute Gasteiger partial charge is 0.352 e. The fourth-order valence-corrected chi connectivity index (χ4v) is 3.16. The lowest BCUT2D eigenvalue weighted by atomic mass is 10.2. The van der Waals surface area contributed by atoms with Gasteiger partial charge in [0.15, 0.2) is 5.96 Å². The van der Waals surface area contributed by atoms with Crippen molar-refractivity contribution in [1.29, 1.82) is 0 Å². The van der Waals surface area contributed by atoms with Gasteiger partial charge in [0.2, 0.25) is 0 Å². The zero-order valence-corrected chi connectivity index (χ0v) is 20.3. The van der Waals surface area contributed by atoms with E-state index in [-0.39, 0.29) is 24.0 Å². The highest BCUT2D eigenvalue weighted by atomic mass is 127. The summed E-state index contributed by atoms with van der Waals surface area (Å²) in [4.78, 5) is 15.1. The summed E-state index contributed by atoms with van der Waals surface area (Å²) in [6.45, 7) is 3.23. The average molecular weight is 545 g/mol. The smallest absolute Gasteiger partial charge is 0.193 e. The predicted octanol–water partition coefficient (Wildman–Crippen LogP) is 4.71. The first-order valence-corrected chi connectivity index (χ1v) is 9.54. The van der Waals surface area contributed by atoms with Crippen molar-refractivity contribution >= 4 is 53.1 Å². The Bertz CT molecular complexity index is 971. The number of pyridine rings is 1. The van der Waals surface area contributed by atoms with Crippen molar-refractivity contribution in [1.82, 2.24) is 24.8 Å². The van der Waals surface area contributed by atoms with E-state index in [9.17, 15) is 0 Å². The van der Waals surface area contributed by atoms with Crippen LogP contribution in [0.15, 0.2) is 53.9 Å². The molecule has 0 fully saturated rings. The molecule has 0 bridgehead atoms. The lowest BCUT2D eigenvalue weighted by Crippen LogP contribution is -2.38. The van der Waals surface area contributed by atoms with Gasteiger partial charge in [-0.15, -0.1) is 24.0 Å². The van der Waals surface area contributed by atoms with Gasteiger partial charge in [-0.1, -0.05) is 35.3 Å². The molecule has 154 valence electrons. The number of benzene rings is 1. The van der Waals surface area contributed by atoms with Crippen LogP contribution in [0.4, 0.5) is 0 Å².